The SMILES string of the molecule is CCn1c(CN2C(=O)NC(C)(c3ccc(F)cc3)C2=O)nc2cc(S(=O)(=O)N(C)C)ccc21. The lowest BCUT2D eigenvalue weighted by Gasteiger charge is -2.22. The van der Waals surface area contributed by atoms with E-state index in [0.717, 1.165) is 9.21 Å². The number of imidazole rings is 1. The third-order valence-corrected chi connectivity index (χ3v) is 7.70. The van der Waals surface area contributed by atoms with Crippen LogP contribution in [0.25, 0.3) is 11.0 Å². The van der Waals surface area contributed by atoms with E-state index >= 15 is 0 Å². The van der Waals surface area contributed by atoms with Crippen LogP contribution in [0.15, 0.2) is 47.4 Å². The number of imide groups is 1. The minimum absolute atomic E-state index is 0.0975. The van der Waals surface area contributed by atoms with Gasteiger partial charge in [0.25, 0.3) is 5.91 Å². The molecule has 33 heavy (non-hydrogen) atoms. The van der Waals surface area contributed by atoms with E-state index in [2.05, 4.69) is 10.3 Å². The van der Waals surface area contributed by atoms with Crippen LogP contribution in [-0.4, -0.2) is 53.2 Å². The zero-order valence-electron chi connectivity index (χ0n) is 18.7. The maximum atomic E-state index is 13.3. The van der Waals surface area contributed by atoms with E-state index in [4.69, 9.17) is 0 Å². The second-order valence-corrected chi connectivity index (χ2v) is 10.3. The molecule has 174 valence electrons. The van der Waals surface area contributed by atoms with Gasteiger partial charge in [-0.15, -0.1) is 0 Å². The first kappa shape index (κ1) is 22.9. The van der Waals surface area contributed by atoms with Gasteiger partial charge in [-0.2, -0.15) is 0 Å². The van der Waals surface area contributed by atoms with E-state index in [-0.39, 0.29) is 11.4 Å². The summed E-state index contributed by atoms with van der Waals surface area (Å²) in [6.07, 6.45) is 0. The fourth-order valence-corrected chi connectivity index (χ4v) is 4.89. The summed E-state index contributed by atoms with van der Waals surface area (Å²) in [4.78, 5) is 31.7. The molecule has 0 saturated carbocycles. The third kappa shape index (κ3) is 3.66. The number of benzene rings is 2. The lowest BCUT2D eigenvalue weighted by Crippen LogP contribution is -2.40. The second kappa shape index (κ2) is 7.92. The van der Waals surface area contributed by atoms with E-state index in [9.17, 15) is 22.4 Å². The number of sulfonamides is 1. The topological polar surface area (TPSA) is 105 Å². The van der Waals surface area contributed by atoms with Crippen LogP contribution in [-0.2, 0) is 33.4 Å². The van der Waals surface area contributed by atoms with Crippen LogP contribution >= 0.6 is 0 Å². The Balaban J connectivity index is 1.70. The molecule has 1 aliphatic heterocycles. The molecule has 4 rings (SSSR count). The number of halogens is 1. The van der Waals surface area contributed by atoms with Crippen molar-refractivity contribution in [2.45, 2.75) is 37.4 Å². The predicted molar refractivity (Wildman–Crippen MR) is 119 cm³/mol. The molecule has 1 N–H and O–H groups in total. The molecule has 1 unspecified atom stereocenters. The molecule has 9 nitrogen and oxygen atoms in total. The van der Waals surface area contributed by atoms with Gasteiger partial charge in [0.2, 0.25) is 10.0 Å². The summed E-state index contributed by atoms with van der Waals surface area (Å²) in [7, 11) is -0.740. The summed E-state index contributed by atoms with van der Waals surface area (Å²) in [5, 5.41) is 2.69. The number of fused-ring (bicyclic) bond motifs is 1. The van der Waals surface area contributed by atoms with E-state index < -0.39 is 33.3 Å². The Labute approximate surface area is 190 Å². The van der Waals surface area contributed by atoms with Crippen molar-refractivity contribution in [1.82, 2.24) is 24.1 Å². The normalized spacial score (nSPS) is 19.0. The molecule has 1 saturated heterocycles. The molecule has 0 radical (unpaired) electrons. The molecular formula is C22H24FN5O4S. The summed E-state index contributed by atoms with van der Waals surface area (Å²) < 4.78 is 41.3. The lowest BCUT2D eigenvalue weighted by atomic mass is 9.92. The summed E-state index contributed by atoms with van der Waals surface area (Å²) in [6, 6.07) is 9.47. The number of carbonyl (C=O) groups is 2. The summed E-state index contributed by atoms with van der Waals surface area (Å²) in [6.45, 7) is 3.87. The maximum Gasteiger partial charge on any atom is 0.325 e. The van der Waals surface area contributed by atoms with Gasteiger partial charge in [0.1, 0.15) is 17.2 Å². The Bertz CT molecular complexity index is 1370. The van der Waals surface area contributed by atoms with E-state index in [1.807, 2.05) is 11.5 Å². The molecule has 3 aromatic rings. The standard InChI is InChI=1S/C22H24FN5O4S/c1-5-27-18-11-10-16(33(31,32)26(3)4)12-17(18)24-19(27)13-28-20(29)22(2,25-21(28)30)14-6-8-15(23)9-7-14/h6-12H,5,13H2,1-4H3,(H,25,30). The minimum Gasteiger partial charge on any atom is -0.327 e. The quantitative estimate of drug-likeness (QED) is 0.554. The van der Waals surface area contributed by atoms with Crippen LogP contribution in [0, 0.1) is 5.82 Å². The first-order chi connectivity index (χ1) is 15.5. The molecule has 1 aromatic heterocycles. The first-order valence-corrected chi connectivity index (χ1v) is 11.7. The van der Waals surface area contributed by atoms with Gasteiger partial charge in [-0.1, -0.05) is 12.1 Å². The van der Waals surface area contributed by atoms with Gasteiger partial charge in [0, 0.05) is 20.6 Å². The largest absolute Gasteiger partial charge is 0.327 e. The number of amides is 3. The van der Waals surface area contributed by atoms with Crippen molar-refractivity contribution >= 4 is 33.0 Å². The highest BCUT2D eigenvalue weighted by molar-refractivity contribution is 7.89. The highest BCUT2D eigenvalue weighted by Crippen LogP contribution is 2.30. The van der Waals surface area contributed by atoms with Gasteiger partial charge in [0.05, 0.1) is 22.5 Å². The Morgan fingerprint density at radius 2 is 1.79 bits per heavy atom. The number of nitrogens with one attached hydrogen (secondary N) is 1. The van der Waals surface area contributed by atoms with E-state index in [1.54, 1.807) is 13.0 Å². The van der Waals surface area contributed by atoms with Gasteiger partial charge < -0.3 is 9.88 Å². The van der Waals surface area contributed by atoms with E-state index in [1.165, 1.54) is 50.5 Å². The van der Waals surface area contributed by atoms with Crippen LogP contribution in [0.2, 0.25) is 0 Å². The molecule has 2 aromatic carbocycles. The Morgan fingerprint density at radius 3 is 2.39 bits per heavy atom. The van der Waals surface area contributed by atoms with Gasteiger partial charge in [-0.25, -0.2) is 26.9 Å². The highest BCUT2D eigenvalue weighted by Gasteiger charge is 2.49. The summed E-state index contributed by atoms with van der Waals surface area (Å²) in [5.74, 6) is -0.480. The van der Waals surface area contributed by atoms with Crippen molar-refractivity contribution < 1.29 is 22.4 Å². The van der Waals surface area contributed by atoms with Gasteiger partial charge in [-0.05, 0) is 49.7 Å². The minimum atomic E-state index is -3.64. The molecule has 1 atom stereocenters. The first-order valence-electron chi connectivity index (χ1n) is 10.3. The smallest absolute Gasteiger partial charge is 0.325 e. The van der Waals surface area contributed by atoms with Crippen molar-refractivity contribution in [3.05, 3.63) is 59.7 Å². The summed E-state index contributed by atoms with van der Waals surface area (Å²) >= 11 is 0. The highest BCUT2D eigenvalue weighted by atomic mass is 32.2. The van der Waals surface area contributed by atoms with Gasteiger partial charge in [-0.3, -0.25) is 9.69 Å². The Hall–Kier alpha value is -3.31. The molecule has 2 heterocycles. The summed E-state index contributed by atoms with van der Waals surface area (Å²) in [5.41, 5.74) is 0.273. The average Bonchev–Trinajstić information content (AvgIpc) is 3.23. The fourth-order valence-electron chi connectivity index (χ4n) is 3.97. The van der Waals surface area contributed by atoms with Crippen LogP contribution in [0.5, 0.6) is 0 Å². The molecule has 1 aliphatic rings. The molecular weight excluding hydrogens is 449 g/mol. The zero-order valence-corrected chi connectivity index (χ0v) is 19.5. The van der Waals surface area contributed by atoms with Crippen LogP contribution in [0.3, 0.4) is 0 Å². The molecule has 0 aliphatic carbocycles. The number of aromatic nitrogens is 2. The Morgan fingerprint density at radius 1 is 1.12 bits per heavy atom. The molecule has 11 heteroatoms. The van der Waals surface area contributed by atoms with Crippen molar-refractivity contribution in [3.63, 3.8) is 0 Å². The number of nitrogens with zero attached hydrogens (tertiary/aromatic N) is 4. The molecule has 3 amide bonds. The number of hydrogen-bond donors (Lipinski definition) is 1. The average molecular weight is 474 g/mol. The maximum absolute atomic E-state index is 13.3. The lowest BCUT2D eigenvalue weighted by molar-refractivity contribution is -0.131. The van der Waals surface area contributed by atoms with Crippen LogP contribution in [0.4, 0.5) is 9.18 Å². The molecule has 1 fully saturated rings. The molecule has 0 bridgehead atoms. The van der Waals surface area contributed by atoms with E-state index in [0.29, 0.717) is 29.0 Å². The van der Waals surface area contributed by atoms with Crippen molar-refractivity contribution in [1.29, 1.82) is 0 Å². The number of hydrogen-bond acceptors (Lipinski definition) is 5. The fraction of sp³-hybridized carbons (Fsp3) is 0.318. The van der Waals surface area contributed by atoms with Crippen LogP contribution < -0.4 is 5.32 Å². The Kier molecular flexibility index (Phi) is 5.49. The van der Waals surface area contributed by atoms with Crippen molar-refractivity contribution in [2.75, 3.05) is 14.1 Å². The number of rotatable bonds is 6. The van der Waals surface area contributed by atoms with Gasteiger partial charge >= 0.3 is 6.03 Å². The second-order valence-electron chi connectivity index (χ2n) is 8.16. The van der Waals surface area contributed by atoms with Gasteiger partial charge in [0.15, 0.2) is 0 Å². The zero-order chi connectivity index (χ0) is 24.1. The monoisotopic (exact) mass is 473 g/mol. The number of aryl methyl sites for hydroxylation is 1. The van der Waals surface area contributed by atoms with Crippen LogP contribution in [0.1, 0.15) is 25.2 Å². The predicted octanol–water partition coefficient (Wildman–Crippen LogP) is 2.41. The third-order valence-electron chi connectivity index (χ3n) is 5.89. The van der Waals surface area contributed by atoms with Crippen molar-refractivity contribution in [3.8, 4) is 0 Å². The number of urea groups is 1. The number of carbonyl (C=O) groups excluding carboxylic acids is 2. The molecule has 0 spiro atoms. The van der Waals surface area contributed by atoms with Crippen molar-refractivity contribution in [2.24, 2.45) is 0 Å².